The van der Waals surface area contributed by atoms with E-state index in [1.54, 1.807) is 44.0 Å². The molecule has 0 aliphatic heterocycles. The lowest BCUT2D eigenvalue weighted by Crippen LogP contribution is -2.27. The molecule has 0 saturated heterocycles. The summed E-state index contributed by atoms with van der Waals surface area (Å²) in [5, 5.41) is 10.8. The van der Waals surface area contributed by atoms with Crippen LogP contribution in [0.25, 0.3) is 5.70 Å². The highest BCUT2D eigenvalue weighted by Crippen LogP contribution is 2.38. The van der Waals surface area contributed by atoms with E-state index in [2.05, 4.69) is 15.7 Å². The number of nitrogens with two attached hydrogens (primary N) is 2. The lowest BCUT2D eigenvalue weighted by Gasteiger charge is -2.20. The summed E-state index contributed by atoms with van der Waals surface area (Å²) in [6.07, 6.45) is -1.48. The molecule has 0 bridgehead atoms. The van der Waals surface area contributed by atoms with Crippen LogP contribution in [0.1, 0.15) is 38.3 Å². The number of halogens is 3. The van der Waals surface area contributed by atoms with Crippen LogP contribution in [-0.2, 0) is 19.8 Å². The lowest BCUT2D eigenvalue weighted by atomic mass is 10.1. The average molecular weight is 518 g/mol. The van der Waals surface area contributed by atoms with Crippen LogP contribution in [0, 0.1) is 13.8 Å². The number of hydrogen-bond donors (Lipinski definition) is 4. The quantitative estimate of drug-likeness (QED) is 0.266. The zero-order valence-corrected chi connectivity index (χ0v) is 21.2. The molecule has 3 rings (SSSR count). The second-order valence-electron chi connectivity index (χ2n) is 8.46. The molecule has 0 spiro atoms. The van der Waals surface area contributed by atoms with Gasteiger partial charge in [-0.1, -0.05) is 6.07 Å². The molecule has 1 heterocycles. The van der Waals surface area contributed by atoms with Gasteiger partial charge in [0.1, 0.15) is 5.75 Å². The highest BCUT2D eigenvalue weighted by molar-refractivity contribution is 6.06. The molecule has 12 heteroatoms. The smallest absolute Gasteiger partial charge is 0.416 e. The van der Waals surface area contributed by atoms with Crippen molar-refractivity contribution in [2.75, 3.05) is 24.5 Å². The number of anilines is 2. The minimum absolute atomic E-state index is 0.101. The molecule has 0 radical (unpaired) electrons. The molecule has 9 nitrogen and oxygen atoms in total. The Morgan fingerprint density at radius 3 is 2.51 bits per heavy atom. The van der Waals surface area contributed by atoms with Gasteiger partial charge in [0.2, 0.25) is 0 Å². The number of ether oxygens (including phenoxy) is 1. The summed E-state index contributed by atoms with van der Waals surface area (Å²) in [5.74, 6) is 5.74. The summed E-state index contributed by atoms with van der Waals surface area (Å²) in [5.41, 5.74) is 8.78. The third-order valence-electron chi connectivity index (χ3n) is 5.89. The maximum absolute atomic E-state index is 13.5. The Bertz CT molecular complexity index is 1330. The Labute approximate surface area is 212 Å². The van der Waals surface area contributed by atoms with E-state index in [1.165, 1.54) is 24.4 Å². The van der Waals surface area contributed by atoms with Crippen LogP contribution in [-0.4, -0.2) is 29.8 Å². The molecule has 6 N–H and O–H groups in total. The summed E-state index contributed by atoms with van der Waals surface area (Å²) >= 11 is 0. The maximum atomic E-state index is 13.5. The molecule has 37 heavy (non-hydrogen) atoms. The number of carbonyl (C=O) groups is 1. The monoisotopic (exact) mass is 517 g/mol. The van der Waals surface area contributed by atoms with Gasteiger partial charge in [-0.05, 0) is 50.7 Å². The molecule has 0 aliphatic carbocycles. The van der Waals surface area contributed by atoms with Crippen LogP contribution in [0.3, 0.4) is 0 Å². The second-order valence-corrected chi connectivity index (χ2v) is 8.46. The number of methoxy groups -OCH3 is 1. The molecule has 0 unspecified atom stereocenters. The number of hydrazine groups is 1. The Morgan fingerprint density at radius 2 is 1.95 bits per heavy atom. The number of nitrogens with zero attached hydrogens (tertiary/aromatic N) is 3. The summed E-state index contributed by atoms with van der Waals surface area (Å²) < 4.78 is 47.5. The summed E-state index contributed by atoms with van der Waals surface area (Å²) in [6, 6.07) is 6.59. The summed E-state index contributed by atoms with van der Waals surface area (Å²) in [6.45, 7) is 3.77. The predicted octanol–water partition coefficient (Wildman–Crippen LogP) is 3.67. The largest absolute Gasteiger partial charge is 0.494 e. The second kappa shape index (κ2) is 10.9. The van der Waals surface area contributed by atoms with Gasteiger partial charge in [0.15, 0.2) is 0 Å². The fourth-order valence-corrected chi connectivity index (χ4v) is 3.80. The van der Waals surface area contributed by atoms with E-state index in [0.29, 0.717) is 16.9 Å². The van der Waals surface area contributed by atoms with Crippen LogP contribution >= 0.6 is 0 Å². The number of aromatic nitrogens is 2. The standard InChI is InChI=1S/C25H30F3N7O2/c1-14-6-7-16(9-22(14)35(30)13-20(29)19-12-32-34(4)15(19)2)24(36)33-21-10-18(25(26,27)28)8-17(11-31-3)23(21)37-5/h6-10,12-13,31H,11,29-30H2,1-5H3,(H,33,36)/b20-13-. The van der Waals surface area contributed by atoms with Gasteiger partial charge in [0.05, 0.1) is 35.9 Å². The number of rotatable bonds is 8. The van der Waals surface area contributed by atoms with Crippen molar-refractivity contribution < 1.29 is 22.7 Å². The summed E-state index contributed by atoms with van der Waals surface area (Å²) in [4.78, 5) is 13.1. The highest BCUT2D eigenvalue weighted by Gasteiger charge is 2.33. The van der Waals surface area contributed by atoms with Crippen LogP contribution < -0.4 is 32.0 Å². The van der Waals surface area contributed by atoms with Gasteiger partial charge in [-0.25, -0.2) is 5.84 Å². The molecule has 198 valence electrons. The van der Waals surface area contributed by atoms with Gasteiger partial charge in [0, 0.05) is 42.2 Å². The van der Waals surface area contributed by atoms with Gasteiger partial charge in [0.25, 0.3) is 5.91 Å². The molecule has 3 aromatic rings. The molecule has 1 aromatic heterocycles. The van der Waals surface area contributed by atoms with Gasteiger partial charge < -0.3 is 21.1 Å². The Hall–Kier alpha value is -4.03. The number of carbonyl (C=O) groups excluding carboxylic acids is 1. The fraction of sp³-hybridized carbons (Fsp3) is 0.280. The first-order valence-electron chi connectivity index (χ1n) is 11.2. The predicted molar refractivity (Wildman–Crippen MR) is 137 cm³/mol. The minimum Gasteiger partial charge on any atom is -0.494 e. The number of amides is 1. The van der Waals surface area contributed by atoms with Gasteiger partial charge in [-0.15, -0.1) is 0 Å². The molecule has 0 atom stereocenters. The molecule has 0 aliphatic rings. The number of hydrogen-bond acceptors (Lipinski definition) is 7. The molecule has 2 aromatic carbocycles. The van der Waals surface area contributed by atoms with Crippen molar-refractivity contribution in [1.29, 1.82) is 0 Å². The van der Waals surface area contributed by atoms with E-state index in [4.69, 9.17) is 16.3 Å². The first kappa shape index (κ1) is 27.6. The average Bonchev–Trinajstić information content (AvgIpc) is 3.16. The van der Waals surface area contributed by atoms with Crippen molar-refractivity contribution in [1.82, 2.24) is 15.1 Å². The van der Waals surface area contributed by atoms with Crippen molar-refractivity contribution in [2.24, 2.45) is 18.6 Å². The van der Waals surface area contributed by atoms with Crippen molar-refractivity contribution in [2.45, 2.75) is 26.6 Å². The number of alkyl halides is 3. The highest BCUT2D eigenvalue weighted by atomic mass is 19.4. The zero-order valence-electron chi connectivity index (χ0n) is 21.2. The number of aryl methyl sites for hydroxylation is 2. The van der Waals surface area contributed by atoms with Gasteiger partial charge in [-0.2, -0.15) is 18.3 Å². The third-order valence-corrected chi connectivity index (χ3v) is 5.89. The first-order chi connectivity index (χ1) is 17.4. The maximum Gasteiger partial charge on any atom is 0.416 e. The molecule has 0 saturated carbocycles. The topological polar surface area (TPSA) is 123 Å². The Balaban J connectivity index is 1.95. The van der Waals surface area contributed by atoms with Gasteiger partial charge >= 0.3 is 6.18 Å². The van der Waals surface area contributed by atoms with Gasteiger partial charge in [-0.3, -0.25) is 14.5 Å². The van der Waals surface area contributed by atoms with Crippen molar-refractivity contribution in [3.8, 4) is 5.75 Å². The Kier molecular flexibility index (Phi) is 8.14. The zero-order chi connectivity index (χ0) is 27.5. The molecular formula is C25H30F3N7O2. The van der Waals surface area contributed by atoms with E-state index in [0.717, 1.165) is 23.4 Å². The van der Waals surface area contributed by atoms with E-state index in [1.807, 2.05) is 6.92 Å². The molecule has 0 fully saturated rings. The number of nitrogens with one attached hydrogen (secondary N) is 2. The van der Waals surface area contributed by atoms with Crippen molar-refractivity contribution in [3.05, 3.63) is 76.2 Å². The van der Waals surface area contributed by atoms with Crippen molar-refractivity contribution >= 4 is 23.0 Å². The third kappa shape index (κ3) is 6.04. The normalized spacial score (nSPS) is 12.0. The molecule has 1 amide bonds. The van der Waals surface area contributed by atoms with Crippen LogP contribution in [0.2, 0.25) is 0 Å². The van der Waals surface area contributed by atoms with E-state index >= 15 is 0 Å². The first-order valence-corrected chi connectivity index (χ1v) is 11.2. The van der Waals surface area contributed by atoms with Crippen LogP contribution in [0.15, 0.2) is 42.7 Å². The van der Waals surface area contributed by atoms with Crippen LogP contribution in [0.5, 0.6) is 5.75 Å². The SMILES string of the molecule is CNCc1cc(C(F)(F)F)cc(NC(=O)c2ccc(C)c(N(N)/C=C(\N)c3cnn(C)c3C)c2)c1OC. The molecular weight excluding hydrogens is 487 g/mol. The lowest BCUT2D eigenvalue weighted by molar-refractivity contribution is -0.137. The van der Waals surface area contributed by atoms with Crippen LogP contribution in [0.4, 0.5) is 24.5 Å². The number of benzene rings is 2. The minimum atomic E-state index is -4.61. The Morgan fingerprint density at radius 1 is 1.24 bits per heavy atom. The van der Waals surface area contributed by atoms with E-state index in [-0.39, 0.29) is 29.1 Å². The van der Waals surface area contributed by atoms with E-state index < -0.39 is 17.6 Å². The summed E-state index contributed by atoms with van der Waals surface area (Å²) in [7, 11) is 4.72. The van der Waals surface area contributed by atoms with Crippen molar-refractivity contribution in [3.63, 3.8) is 0 Å². The van der Waals surface area contributed by atoms with E-state index in [9.17, 15) is 18.0 Å². The fourth-order valence-electron chi connectivity index (χ4n) is 3.80.